The highest BCUT2D eigenvalue weighted by Gasteiger charge is 2.09. The van der Waals surface area contributed by atoms with Gasteiger partial charge in [0.25, 0.3) is 5.91 Å². The topological polar surface area (TPSA) is 85.4 Å². The molecule has 150 valence electrons. The fourth-order valence-electron chi connectivity index (χ4n) is 2.71. The van der Waals surface area contributed by atoms with Crippen LogP contribution in [0.25, 0.3) is 0 Å². The number of nitrogens with zero attached hydrogens (tertiary/aromatic N) is 2. The first-order chi connectivity index (χ1) is 14.2. The molecule has 2 aromatic carbocycles. The monoisotopic (exact) mass is 392 g/mol. The van der Waals surface area contributed by atoms with Crippen molar-refractivity contribution in [2.45, 2.75) is 13.3 Å². The number of ether oxygens (including phenoxy) is 2. The Labute approximate surface area is 170 Å². The molecule has 0 spiro atoms. The van der Waals surface area contributed by atoms with E-state index in [1.165, 1.54) is 0 Å². The fraction of sp³-hybridized carbons (Fsp3) is 0.227. The minimum Gasteiger partial charge on any atom is -0.497 e. The molecule has 7 heteroatoms. The summed E-state index contributed by atoms with van der Waals surface area (Å²) in [5.74, 6) is 1.70. The third-order valence-electron chi connectivity index (χ3n) is 4.14. The third kappa shape index (κ3) is 5.93. The lowest BCUT2D eigenvalue weighted by atomic mass is 10.1. The zero-order valence-corrected chi connectivity index (χ0v) is 16.5. The van der Waals surface area contributed by atoms with Crippen LogP contribution in [-0.2, 0) is 6.42 Å². The van der Waals surface area contributed by atoms with Crippen LogP contribution in [0.1, 0.15) is 23.0 Å². The summed E-state index contributed by atoms with van der Waals surface area (Å²) in [5, 5.41) is 5.97. The maximum atomic E-state index is 12.5. The molecular formula is C22H24N4O3. The van der Waals surface area contributed by atoms with Crippen LogP contribution in [0, 0.1) is 0 Å². The molecule has 0 aliphatic rings. The Morgan fingerprint density at radius 3 is 2.66 bits per heavy atom. The number of amides is 1. The van der Waals surface area contributed by atoms with E-state index in [9.17, 15) is 4.79 Å². The van der Waals surface area contributed by atoms with E-state index >= 15 is 0 Å². The molecule has 3 rings (SSSR count). The first kappa shape index (κ1) is 20.1. The van der Waals surface area contributed by atoms with Gasteiger partial charge in [0.15, 0.2) is 0 Å². The Balaban J connectivity index is 1.56. The largest absolute Gasteiger partial charge is 0.497 e. The lowest BCUT2D eigenvalue weighted by Gasteiger charge is -2.09. The molecule has 1 amide bonds. The zero-order chi connectivity index (χ0) is 20.5. The minimum atomic E-state index is -0.299. The molecule has 0 aliphatic heterocycles. The van der Waals surface area contributed by atoms with Gasteiger partial charge in [-0.1, -0.05) is 12.1 Å². The van der Waals surface area contributed by atoms with Crippen molar-refractivity contribution < 1.29 is 14.3 Å². The second kappa shape index (κ2) is 10.1. The van der Waals surface area contributed by atoms with Crippen LogP contribution in [0.15, 0.2) is 60.8 Å². The summed E-state index contributed by atoms with van der Waals surface area (Å²) >= 11 is 0. The molecule has 1 aromatic heterocycles. The van der Waals surface area contributed by atoms with E-state index < -0.39 is 0 Å². The second-order valence-corrected chi connectivity index (χ2v) is 6.21. The smallest absolute Gasteiger partial charge is 0.274 e. The molecule has 0 aliphatic carbocycles. The summed E-state index contributed by atoms with van der Waals surface area (Å²) in [4.78, 5) is 20.9. The normalized spacial score (nSPS) is 10.3. The van der Waals surface area contributed by atoms with E-state index in [1.807, 2.05) is 43.3 Å². The summed E-state index contributed by atoms with van der Waals surface area (Å²) in [6.07, 6.45) is 2.34. The number of nitrogens with one attached hydrogen (secondary N) is 2. The van der Waals surface area contributed by atoms with Crippen LogP contribution < -0.4 is 20.1 Å². The van der Waals surface area contributed by atoms with E-state index in [4.69, 9.17) is 9.47 Å². The molecule has 0 fully saturated rings. The van der Waals surface area contributed by atoms with Crippen molar-refractivity contribution >= 4 is 17.5 Å². The predicted octanol–water partition coefficient (Wildman–Crippen LogP) is 3.79. The van der Waals surface area contributed by atoms with E-state index in [0.29, 0.717) is 24.8 Å². The lowest BCUT2D eigenvalue weighted by Crippen LogP contribution is -2.16. The van der Waals surface area contributed by atoms with E-state index in [0.717, 1.165) is 23.5 Å². The number of anilines is 2. The molecule has 1 heterocycles. The lowest BCUT2D eigenvalue weighted by molar-refractivity contribution is 0.102. The van der Waals surface area contributed by atoms with Crippen molar-refractivity contribution in [2.24, 2.45) is 0 Å². The van der Waals surface area contributed by atoms with Gasteiger partial charge in [0, 0.05) is 18.4 Å². The Morgan fingerprint density at radius 2 is 1.90 bits per heavy atom. The van der Waals surface area contributed by atoms with E-state index in [-0.39, 0.29) is 11.6 Å². The van der Waals surface area contributed by atoms with Gasteiger partial charge in [-0.25, -0.2) is 9.97 Å². The van der Waals surface area contributed by atoms with Gasteiger partial charge >= 0.3 is 0 Å². The second-order valence-electron chi connectivity index (χ2n) is 6.21. The van der Waals surface area contributed by atoms with Crippen LogP contribution in [0.4, 0.5) is 11.6 Å². The Morgan fingerprint density at radius 1 is 1.07 bits per heavy atom. The van der Waals surface area contributed by atoms with Crippen LogP contribution in [-0.4, -0.2) is 36.1 Å². The summed E-state index contributed by atoms with van der Waals surface area (Å²) in [6.45, 7) is 3.16. The van der Waals surface area contributed by atoms with Gasteiger partial charge in [0.05, 0.1) is 13.7 Å². The van der Waals surface area contributed by atoms with Crippen LogP contribution in [0.3, 0.4) is 0 Å². The number of benzene rings is 2. The van der Waals surface area contributed by atoms with Crippen molar-refractivity contribution in [3.05, 3.63) is 72.1 Å². The molecule has 0 saturated carbocycles. The molecule has 3 aromatic rings. The number of rotatable bonds is 9. The van der Waals surface area contributed by atoms with Crippen molar-refractivity contribution in [1.29, 1.82) is 0 Å². The molecule has 0 atom stereocenters. The number of hydrogen-bond donors (Lipinski definition) is 2. The number of methoxy groups -OCH3 is 1. The standard InChI is InChI=1S/C22H24N4O3/c1-3-29-18-9-7-17(8-10-18)25-21(27)20-12-14-24-22(26-20)23-13-11-16-5-4-6-19(15-16)28-2/h4-10,12,14-15H,3,11,13H2,1-2H3,(H,25,27)(H,23,24,26). The number of carbonyl (C=O) groups excluding carboxylic acids is 1. The summed E-state index contributed by atoms with van der Waals surface area (Å²) in [5.41, 5.74) is 2.10. The molecule has 2 N–H and O–H groups in total. The van der Waals surface area contributed by atoms with Gasteiger partial charge in [0.1, 0.15) is 17.2 Å². The van der Waals surface area contributed by atoms with Crippen molar-refractivity contribution in [2.75, 3.05) is 30.9 Å². The molecule has 7 nitrogen and oxygen atoms in total. The van der Waals surface area contributed by atoms with Gasteiger partial charge in [0.2, 0.25) is 5.95 Å². The predicted molar refractivity (Wildman–Crippen MR) is 113 cm³/mol. The Kier molecular flexibility index (Phi) is 7.00. The molecule has 0 saturated heterocycles. The molecule has 0 unspecified atom stereocenters. The highest BCUT2D eigenvalue weighted by atomic mass is 16.5. The van der Waals surface area contributed by atoms with Gasteiger partial charge in [-0.2, -0.15) is 0 Å². The molecule has 0 bridgehead atoms. The minimum absolute atomic E-state index is 0.290. The number of carbonyl (C=O) groups is 1. The zero-order valence-electron chi connectivity index (χ0n) is 16.5. The van der Waals surface area contributed by atoms with E-state index in [1.54, 1.807) is 31.5 Å². The molecule has 29 heavy (non-hydrogen) atoms. The number of aromatic nitrogens is 2. The quantitative estimate of drug-likeness (QED) is 0.576. The van der Waals surface area contributed by atoms with Gasteiger partial charge < -0.3 is 20.1 Å². The first-order valence-electron chi connectivity index (χ1n) is 9.42. The average molecular weight is 392 g/mol. The van der Waals surface area contributed by atoms with Crippen LogP contribution >= 0.6 is 0 Å². The first-order valence-corrected chi connectivity index (χ1v) is 9.42. The average Bonchev–Trinajstić information content (AvgIpc) is 2.76. The van der Waals surface area contributed by atoms with Crippen LogP contribution in [0.5, 0.6) is 11.5 Å². The van der Waals surface area contributed by atoms with Gasteiger partial charge in [-0.15, -0.1) is 0 Å². The highest BCUT2D eigenvalue weighted by molar-refractivity contribution is 6.02. The van der Waals surface area contributed by atoms with Crippen molar-refractivity contribution in [1.82, 2.24) is 9.97 Å². The third-order valence-corrected chi connectivity index (χ3v) is 4.14. The number of hydrogen-bond acceptors (Lipinski definition) is 6. The van der Waals surface area contributed by atoms with Crippen LogP contribution in [0.2, 0.25) is 0 Å². The van der Waals surface area contributed by atoms with Crippen molar-refractivity contribution in [3.8, 4) is 11.5 Å². The summed E-state index contributed by atoms with van der Waals surface area (Å²) in [7, 11) is 1.65. The summed E-state index contributed by atoms with van der Waals surface area (Å²) in [6, 6.07) is 16.7. The highest BCUT2D eigenvalue weighted by Crippen LogP contribution is 2.16. The molecular weight excluding hydrogens is 368 g/mol. The van der Waals surface area contributed by atoms with Gasteiger partial charge in [-0.3, -0.25) is 4.79 Å². The van der Waals surface area contributed by atoms with E-state index in [2.05, 4.69) is 20.6 Å². The Bertz CT molecular complexity index is 945. The maximum Gasteiger partial charge on any atom is 0.274 e. The van der Waals surface area contributed by atoms with Gasteiger partial charge in [-0.05, 0) is 61.4 Å². The van der Waals surface area contributed by atoms with Crippen molar-refractivity contribution in [3.63, 3.8) is 0 Å². The fourth-order valence-corrected chi connectivity index (χ4v) is 2.71. The summed E-state index contributed by atoms with van der Waals surface area (Å²) < 4.78 is 10.6. The molecule has 0 radical (unpaired) electrons. The SMILES string of the molecule is CCOc1ccc(NC(=O)c2ccnc(NCCc3cccc(OC)c3)n2)cc1. The maximum absolute atomic E-state index is 12.5. The Hall–Kier alpha value is -3.61.